The van der Waals surface area contributed by atoms with Gasteiger partial charge in [-0.15, -0.1) is 0 Å². The summed E-state index contributed by atoms with van der Waals surface area (Å²) < 4.78 is 0. The van der Waals surface area contributed by atoms with Crippen molar-refractivity contribution >= 4 is 11.5 Å². The highest BCUT2D eigenvalue weighted by molar-refractivity contribution is 6.02. The third kappa shape index (κ3) is 1.96. The van der Waals surface area contributed by atoms with Gasteiger partial charge in [-0.25, -0.2) is 0 Å². The summed E-state index contributed by atoms with van der Waals surface area (Å²) >= 11 is 0. The molecule has 86 valence electrons. The van der Waals surface area contributed by atoms with E-state index in [9.17, 15) is 0 Å². The number of benzene rings is 1. The average molecular weight is 219 g/mol. The molecule has 0 saturated carbocycles. The van der Waals surface area contributed by atoms with Gasteiger partial charge in [0.2, 0.25) is 0 Å². The number of hydrogen-bond acceptors (Lipinski definition) is 3. The van der Waals surface area contributed by atoms with E-state index in [1.54, 1.807) is 0 Å². The molecule has 1 saturated heterocycles. The molecule has 3 N–H and O–H groups in total. The van der Waals surface area contributed by atoms with E-state index < -0.39 is 0 Å². The lowest BCUT2D eigenvalue weighted by atomic mass is 10.1. The van der Waals surface area contributed by atoms with Gasteiger partial charge in [0.1, 0.15) is 0 Å². The maximum Gasteiger partial charge on any atom is 0.172 e. The minimum Gasteiger partial charge on any atom is -0.409 e. The molecule has 0 spiro atoms. The van der Waals surface area contributed by atoms with Crippen LogP contribution in [-0.4, -0.2) is 24.1 Å². The van der Waals surface area contributed by atoms with Gasteiger partial charge in [0, 0.05) is 24.3 Å². The fourth-order valence-electron chi connectivity index (χ4n) is 2.17. The Morgan fingerprint density at radius 3 is 2.88 bits per heavy atom. The topological polar surface area (TPSA) is 61.8 Å². The molecule has 16 heavy (non-hydrogen) atoms. The molecule has 0 bridgehead atoms. The molecule has 1 aliphatic rings. The summed E-state index contributed by atoms with van der Waals surface area (Å²) in [7, 11) is 0. The first-order valence-electron chi connectivity index (χ1n) is 5.54. The van der Waals surface area contributed by atoms with Crippen LogP contribution in [0.3, 0.4) is 0 Å². The molecular formula is C12H17N3O. The number of amidine groups is 1. The van der Waals surface area contributed by atoms with E-state index in [4.69, 9.17) is 10.9 Å². The van der Waals surface area contributed by atoms with Crippen LogP contribution < -0.4 is 10.6 Å². The van der Waals surface area contributed by atoms with E-state index in [2.05, 4.69) is 17.0 Å². The van der Waals surface area contributed by atoms with Crippen LogP contribution in [0.4, 0.5) is 5.69 Å². The predicted molar refractivity (Wildman–Crippen MR) is 64.9 cm³/mol. The molecule has 1 aliphatic heterocycles. The van der Waals surface area contributed by atoms with E-state index in [1.807, 2.05) is 24.3 Å². The maximum atomic E-state index is 8.75. The molecule has 2 rings (SSSR count). The molecule has 1 heterocycles. The number of anilines is 1. The van der Waals surface area contributed by atoms with Crippen LogP contribution >= 0.6 is 0 Å². The minimum atomic E-state index is 0.176. The molecule has 1 atom stereocenters. The van der Waals surface area contributed by atoms with Crippen molar-refractivity contribution in [1.29, 1.82) is 0 Å². The summed E-state index contributed by atoms with van der Waals surface area (Å²) in [5, 5.41) is 11.8. The van der Waals surface area contributed by atoms with Gasteiger partial charge in [0.05, 0.1) is 0 Å². The van der Waals surface area contributed by atoms with Crippen molar-refractivity contribution in [3.8, 4) is 0 Å². The number of nitrogens with zero attached hydrogens (tertiary/aromatic N) is 2. The molecule has 1 aromatic carbocycles. The highest BCUT2D eigenvalue weighted by Crippen LogP contribution is 2.26. The van der Waals surface area contributed by atoms with Gasteiger partial charge in [-0.2, -0.15) is 0 Å². The molecule has 0 aromatic heterocycles. The van der Waals surface area contributed by atoms with E-state index in [0.717, 1.165) is 24.3 Å². The van der Waals surface area contributed by atoms with Gasteiger partial charge in [-0.1, -0.05) is 24.2 Å². The highest BCUT2D eigenvalue weighted by Gasteiger charge is 2.21. The number of rotatable bonds is 2. The lowest BCUT2D eigenvalue weighted by molar-refractivity contribution is 0.318. The summed E-state index contributed by atoms with van der Waals surface area (Å²) in [6.45, 7) is 4.32. The standard InChI is InChI=1S/C12H17N3O/c1-9-6-7-15(8-9)11-5-3-2-4-10(11)12(13)14-16/h2-5,9,16H,6-8H2,1H3,(H2,13,14). The number of nitrogens with two attached hydrogens (primary N) is 1. The summed E-state index contributed by atoms with van der Waals surface area (Å²) in [4.78, 5) is 2.29. The van der Waals surface area contributed by atoms with Crippen LogP contribution in [0.25, 0.3) is 0 Å². The van der Waals surface area contributed by atoms with Crippen molar-refractivity contribution in [3.63, 3.8) is 0 Å². The fourth-order valence-corrected chi connectivity index (χ4v) is 2.17. The second kappa shape index (κ2) is 4.43. The van der Waals surface area contributed by atoms with Crippen LogP contribution in [0.1, 0.15) is 18.9 Å². The lowest BCUT2D eigenvalue weighted by Crippen LogP contribution is -2.24. The monoisotopic (exact) mass is 219 g/mol. The van der Waals surface area contributed by atoms with Crippen LogP contribution in [-0.2, 0) is 0 Å². The summed E-state index contributed by atoms with van der Waals surface area (Å²) in [6.07, 6.45) is 1.20. The first-order valence-corrected chi connectivity index (χ1v) is 5.54. The van der Waals surface area contributed by atoms with Crippen LogP contribution in [0.15, 0.2) is 29.4 Å². The Labute approximate surface area is 95.4 Å². The van der Waals surface area contributed by atoms with Crippen molar-refractivity contribution in [2.45, 2.75) is 13.3 Å². The van der Waals surface area contributed by atoms with Gasteiger partial charge in [0.15, 0.2) is 5.84 Å². The molecule has 0 radical (unpaired) electrons. The molecule has 1 fully saturated rings. The quantitative estimate of drug-likeness (QED) is 0.344. The lowest BCUT2D eigenvalue weighted by Gasteiger charge is -2.21. The van der Waals surface area contributed by atoms with Crippen molar-refractivity contribution in [2.75, 3.05) is 18.0 Å². The second-order valence-corrected chi connectivity index (χ2v) is 4.34. The van der Waals surface area contributed by atoms with Crippen LogP contribution in [0.2, 0.25) is 0 Å². The number of para-hydroxylation sites is 1. The smallest absolute Gasteiger partial charge is 0.172 e. The van der Waals surface area contributed by atoms with Gasteiger partial charge < -0.3 is 15.8 Å². The first-order chi connectivity index (χ1) is 7.72. The van der Waals surface area contributed by atoms with E-state index in [-0.39, 0.29) is 5.84 Å². The van der Waals surface area contributed by atoms with Gasteiger partial charge >= 0.3 is 0 Å². The van der Waals surface area contributed by atoms with Gasteiger partial charge in [0.25, 0.3) is 0 Å². The molecule has 4 nitrogen and oxygen atoms in total. The third-order valence-electron chi connectivity index (χ3n) is 3.05. The van der Waals surface area contributed by atoms with Crippen molar-refractivity contribution in [2.24, 2.45) is 16.8 Å². The summed E-state index contributed by atoms with van der Waals surface area (Å²) in [5.41, 5.74) is 7.53. The predicted octanol–water partition coefficient (Wildman–Crippen LogP) is 1.63. The number of hydrogen-bond donors (Lipinski definition) is 2. The molecular weight excluding hydrogens is 202 g/mol. The zero-order chi connectivity index (χ0) is 11.5. The summed E-state index contributed by atoms with van der Waals surface area (Å²) in [5.74, 6) is 0.885. The Morgan fingerprint density at radius 2 is 2.25 bits per heavy atom. The third-order valence-corrected chi connectivity index (χ3v) is 3.05. The Morgan fingerprint density at radius 1 is 1.50 bits per heavy atom. The molecule has 0 amide bonds. The van der Waals surface area contributed by atoms with Crippen molar-refractivity contribution < 1.29 is 5.21 Å². The normalized spacial score (nSPS) is 21.4. The Balaban J connectivity index is 2.33. The molecule has 1 unspecified atom stereocenters. The largest absolute Gasteiger partial charge is 0.409 e. The summed E-state index contributed by atoms with van der Waals surface area (Å²) in [6, 6.07) is 7.78. The molecule has 4 heteroatoms. The zero-order valence-corrected chi connectivity index (χ0v) is 9.43. The zero-order valence-electron chi connectivity index (χ0n) is 9.43. The van der Waals surface area contributed by atoms with Crippen molar-refractivity contribution in [1.82, 2.24) is 0 Å². The van der Waals surface area contributed by atoms with Crippen LogP contribution in [0, 0.1) is 5.92 Å². The Hall–Kier alpha value is -1.71. The molecule has 0 aliphatic carbocycles. The Kier molecular flexibility index (Phi) is 2.99. The first kappa shape index (κ1) is 10.8. The second-order valence-electron chi connectivity index (χ2n) is 4.34. The SMILES string of the molecule is CC1CCN(c2ccccc2C(N)=NO)C1. The minimum absolute atomic E-state index is 0.176. The van der Waals surface area contributed by atoms with Gasteiger partial charge in [-0.05, 0) is 24.5 Å². The molecule has 1 aromatic rings. The van der Waals surface area contributed by atoms with Crippen LogP contribution in [0.5, 0.6) is 0 Å². The van der Waals surface area contributed by atoms with E-state index in [1.165, 1.54) is 6.42 Å². The fraction of sp³-hybridized carbons (Fsp3) is 0.417. The number of oxime groups is 1. The Bertz CT molecular complexity index is 403. The average Bonchev–Trinajstić information content (AvgIpc) is 2.75. The van der Waals surface area contributed by atoms with Crippen molar-refractivity contribution in [3.05, 3.63) is 29.8 Å². The maximum absolute atomic E-state index is 8.75. The van der Waals surface area contributed by atoms with E-state index >= 15 is 0 Å². The van der Waals surface area contributed by atoms with E-state index in [0.29, 0.717) is 5.92 Å². The highest BCUT2D eigenvalue weighted by atomic mass is 16.4. The van der Waals surface area contributed by atoms with Gasteiger partial charge in [-0.3, -0.25) is 0 Å².